The summed E-state index contributed by atoms with van der Waals surface area (Å²) in [7, 11) is 0. The molecule has 3 amide bonds. The Morgan fingerprint density at radius 1 is 1.18 bits per heavy atom. The zero-order valence-electron chi connectivity index (χ0n) is 13.2. The third-order valence-electron chi connectivity index (χ3n) is 3.56. The number of piperazine rings is 1. The van der Waals surface area contributed by atoms with E-state index in [9.17, 15) is 9.59 Å². The van der Waals surface area contributed by atoms with Crippen molar-refractivity contribution >= 4 is 23.0 Å². The van der Waals surface area contributed by atoms with Crippen LogP contribution in [0.4, 0.5) is 9.59 Å². The lowest BCUT2D eigenvalue weighted by atomic mass is 10.0. The van der Waals surface area contributed by atoms with Gasteiger partial charge in [0.1, 0.15) is 0 Å². The highest BCUT2D eigenvalue weighted by atomic mass is 35.5. The van der Waals surface area contributed by atoms with Crippen LogP contribution in [0.1, 0.15) is 32.4 Å². The number of urea groups is 1. The van der Waals surface area contributed by atoms with Crippen molar-refractivity contribution in [1.29, 1.82) is 0 Å². The maximum Gasteiger partial charge on any atom is 0.317 e. The van der Waals surface area contributed by atoms with Gasteiger partial charge in [-0.15, -0.1) is 0 Å². The van der Waals surface area contributed by atoms with Gasteiger partial charge in [0.05, 0.1) is 6.04 Å². The van der Waals surface area contributed by atoms with E-state index >= 15 is 0 Å². The average Bonchev–Trinajstić information content (AvgIpc) is 2.45. The molecule has 0 aliphatic carbocycles. The van der Waals surface area contributed by atoms with Gasteiger partial charge in [0.25, 0.3) is 0 Å². The molecular weight excluding hydrogens is 302 g/mol. The van der Waals surface area contributed by atoms with Gasteiger partial charge in [-0.3, -0.25) is 4.79 Å². The van der Waals surface area contributed by atoms with E-state index < -0.39 is 5.37 Å². The fourth-order valence-corrected chi connectivity index (χ4v) is 2.74. The van der Waals surface area contributed by atoms with Crippen LogP contribution in [0.5, 0.6) is 0 Å². The highest BCUT2D eigenvalue weighted by Crippen LogP contribution is 2.26. The number of nitrogens with one attached hydrogen (secondary N) is 1. The summed E-state index contributed by atoms with van der Waals surface area (Å²) in [6.45, 7) is 7.17. The molecule has 5 nitrogen and oxygen atoms in total. The van der Waals surface area contributed by atoms with Crippen LogP contribution in [0.15, 0.2) is 30.3 Å². The van der Waals surface area contributed by atoms with Crippen LogP contribution in [-0.4, -0.2) is 46.4 Å². The summed E-state index contributed by atoms with van der Waals surface area (Å²) in [6, 6.07) is 9.32. The summed E-state index contributed by atoms with van der Waals surface area (Å²) < 4.78 is 0. The first-order chi connectivity index (χ1) is 10.3. The van der Waals surface area contributed by atoms with Crippen molar-refractivity contribution in [2.75, 3.05) is 19.6 Å². The molecule has 6 heteroatoms. The third kappa shape index (κ3) is 4.13. The van der Waals surface area contributed by atoms with Gasteiger partial charge in [-0.05, 0) is 37.9 Å². The first-order valence-electron chi connectivity index (χ1n) is 7.36. The Hall–Kier alpha value is -1.75. The van der Waals surface area contributed by atoms with Crippen molar-refractivity contribution in [2.24, 2.45) is 0 Å². The van der Waals surface area contributed by atoms with Gasteiger partial charge in [0.2, 0.25) is 0 Å². The standard InChI is InChI=1S/C16H22ClN3O2/c1-16(2,3)18-15(22)19-9-10-20(14(17)21)13(11-19)12-7-5-4-6-8-12/h4-8,13H,9-11H2,1-3H3,(H,18,22). The van der Waals surface area contributed by atoms with E-state index in [1.165, 1.54) is 0 Å². The van der Waals surface area contributed by atoms with E-state index in [1.54, 1.807) is 9.80 Å². The number of halogens is 1. The molecule has 1 heterocycles. The molecule has 1 aromatic carbocycles. The fourth-order valence-electron chi connectivity index (χ4n) is 2.54. The third-order valence-corrected chi connectivity index (χ3v) is 3.78. The molecule has 0 aromatic heterocycles. The fraction of sp³-hybridized carbons (Fsp3) is 0.500. The predicted molar refractivity (Wildman–Crippen MR) is 87.0 cm³/mol. The van der Waals surface area contributed by atoms with Gasteiger partial charge < -0.3 is 15.1 Å². The topological polar surface area (TPSA) is 52.7 Å². The van der Waals surface area contributed by atoms with Gasteiger partial charge in [-0.1, -0.05) is 30.3 Å². The summed E-state index contributed by atoms with van der Waals surface area (Å²) in [5.41, 5.74) is 0.684. The molecule has 1 unspecified atom stereocenters. The quantitative estimate of drug-likeness (QED) is 0.637. The lowest BCUT2D eigenvalue weighted by Crippen LogP contribution is -2.56. The number of hydrogen-bond donors (Lipinski definition) is 1. The van der Waals surface area contributed by atoms with Crippen molar-refractivity contribution in [3.8, 4) is 0 Å². The summed E-state index contributed by atoms with van der Waals surface area (Å²) in [5.74, 6) is 0. The van der Waals surface area contributed by atoms with E-state index in [0.717, 1.165) is 5.56 Å². The Bertz CT molecular complexity index is 542. The number of nitrogens with zero attached hydrogens (tertiary/aromatic N) is 2. The molecule has 1 aromatic rings. The van der Waals surface area contributed by atoms with E-state index in [1.807, 2.05) is 51.1 Å². The monoisotopic (exact) mass is 323 g/mol. The van der Waals surface area contributed by atoms with Crippen molar-refractivity contribution in [2.45, 2.75) is 32.4 Å². The zero-order chi connectivity index (χ0) is 16.3. The molecule has 0 radical (unpaired) electrons. The minimum absolute atomic E-state index is 0.116. The number of carbonyl (C=O) groups excluding carboxylic acids is 2. The Morgan fingerprint density at radius 2 is 1.82 bits per heavy atom. The normalized spacial score (nSPS) is 19.0. The molecule has 0 bridgehead atoms. The molecule has 1 atom stereocenters. The summed E-state index contributed by atoms with van der Waals surface area (Å²) in [6.07, 6.45) is 0. The summed E-state index contributed by atoms with van der Waals surface area (Å²) in [5, 5.41) is 2.47. The molecule has 0 saturated carbocycles. The van der Waals surface area contributed by atoms with Crippen LogP contribution in [0.2, 0.25) is 0 Å². The SMILES string of the molecule is CC(C)(C)NC(=O)N1CCN(C(=O)Cl)C(c2ccccc2)C1. The van der Waals surface area contributed by atoms with E-state index in [4.69, 9.17) is 11.6 Å². The first kappa shape index (κ1) is 16.6. The zero-order valence-corrected chi connectivity index (χ0v) is 13.9. The van der Waals surface area contributed by atoms with Gasteiger partial charge in [0, 0.05) is 25.2 Å². The summed E-state index contributed by atoms with van der Waals surface area (Å²) >= 11 is 5.70. The van der Waals surface area contributed by atoms with E-state index in [0.29, 0.717) is 19.6 Å². The smallest absolute Gasteiger partial charge is 0.317 e. The van der Waals surface area contributed by atoms with Crippen molar-refractivity contribution in [1.82, 2.24) is 15.1 Å². The van der Waals surface area contributed by atoms with Crippen LogP contribution in [-0.2, 0) is 0 Å². The number of rotatable bonds is 1. The Morgan fingerprint density at radius 3 is 2.36 bits per heavy atom. The van der Waals surface area contributed by atoms with Crippen molar-refractivity contribution in [3.05, 3.63) is 35.9 Å². The Labute approximate surface area is 136 Å². The molecule has 120 valence electrons. The maximum absolute atomic E-state index is 12.3. The maximum atomic E-state index is 12.3. The molecule has 1 N–H and O–H groups in total. The average molecular weight is 324 g/mol. The lowest BCUT2D eigenvalue weighted by Gasteiger charge is -2.41. The lowest BCUT2D eigenvalue weighted by molar-refractivity contribution is 0.113. The Kier molecular flexibility index (Phi) is 4.96. The van der Waals surface area contributed by atoms with E-state index in [-0.39, 0.29) is 17.6 Å². The minimum atomic E-state index is -0.482. The van der Waals surface area contributed by atoms with Gasteiger partial charge in [0.15, 0.2) is 0 Å². The number of carbonyl (C=O) groups is 2. The molecule has 1 fully saturated rings. The van der Waals surface area contributed by atoms with Gasteiger partial charge >= 0.3 is 11.4 Å². The molecule has 1 aliphatic heterocycles. The highest BCUT2D eigenvalue weighted by Gasteiger charge is 2.33. The number of hydrogen-bond acceptors (Lipinski definition) is 2. The second kappa shape index (κ2) is 6.57. The molecule has 1 saturated heterocycles. The first-order valence-corrected chi connectivity index (χ1v) is 7.74. The molecule has 2 rings (SSSR count). The number of benzene rings is 1. The van der Waals surface area contributed by atoms with Crippen molar-refractivity contribution < 1.29 is 9.59 Å². The van der Waals surface area contributed by atoms with Crippen LogP contribution in [0.3, 0.4) is 0 Å². The molecule has 22 heavy (non-hydrogen) atoms. The Balaban J connectivity index is 2.17. The largest absolute Gasteiger partial charge is 0.333 e. The van der Waals surface area contributed by atoms with Gasteiger partial charge in [-0.2, -0.15) is 0 Å². The molecule has 1 aliphatic rings. The van der Waals surface area contributed by atoms with Crippen LogP contribution < -0.4 is 5.32 Å². The van der Waals surface area contributed by atoms with Gasteiger partial charge in [-0.25, -0.2) is 4.79 Å². The number of amides is 3. The molecular formula is C16H22ClN3O2. The van der Waals surface area contributed by atoms with Crippen LogP contribution in [0.25, 0.3) is 0 Å². The summed E-state index contributed by atoms with van der Waals surface area (Å²) in [4.78, 5) is 27.3. The van der Waals surface area contributed by atoms with Crippen molar-refractivity contribution in [3.63, 3.8) is 0 Å². The van der Waals surface area contributed by atoms with E-state index in [2.05, 4.69) is 5.32 Å². The minimum Gasteiger partial charge on any atom is -0.333 e. The highest BCUT2D eigenvalue weighted by molar-refractivity contribution is 6.62. The van der Waals surface area contributed by atoms with Crippen LogP contribution >= 0.6 is 11.6 Å². The molecule has 0 spiro atoms. The van der Waals surface area contributed by atoms with Crippen LogP contribution in [0, 0.1) is 0 Å². The second-order valence-electron chi connectivity index (χ2n) is 6.50. The predicted octanol–water partition coefficient (Wildman–Crippen LogP) is 3.21. The second-order valence-corrected chi connectivity index (χ2v) is 6.82.